The minimum atomic E-state index is -2.84. The predicted molar refractivity (Wildman–Crippen MR) is 84.5 cm³/mol. The van der Waals surface area contributed by atoms with E-state index in [9.17, 15) is 13.3 Å². The molecule has 0 aromatic heterocycles. The van der Waals surface area contributed by atoms with Gasteiger partial charge in [0.1, 0.15) is 21.5 Å². The fourth-order valence-electron chi connectivity index (χ4n) is 1.92. The van der Waals surface area contributed by atoms with Crippen LogP contribution in [0, 0.1) is 5.41 Å². The summed E-state index contributed by atoms with van der Waals surface area (Å²) in [6.07, 6.45) is 0.832. The standard InChI is InChI=1S/C16H21F2NO2S/c1-14(2,3)22(20)19-11-15(10-16(15,17)18)12-21-9-13-7-5-4-6-8-13/h4-8,11H,9-10,12H2,1-3H3/t15-,22?/m1/s1. The topological polar surface area (TPSA) is 44.7 Å². The van der Waals surface area contributed by atoms with Gasteiger partial charge in [0, 0.05) is 6.42 Å². The number of rotatable bonds is 6. The molecular weight excluding hydrogens is 308 g/mol. The van der Waals surface area contributed by atoms with Crippen molar-refractivity contribution in [3.8, 4) is 0 Å². The molecule has 1 unspecified atom stereocenters. The van der Waals surface area contributed by atoms with Crippen molar-refractivity contribution in [1.29, 1.82) is 0 Å². The van der Waals surface area contributed by atoms with E-state index in [1.165, 1.54) is 0 Å². The first-order valence-corrected chi connectivity index (χ1v) is 8.24. The van der Waals surface area contributed by atoms with Crippen LogP contribution in [0.2, 0.25) is 0 Å². The van der Waals surface area contributed by atoms with Crippen molar-refractivity contribution in [1.82, 2.24) is 0 Å². The second kappa shape index (κ2) is 6.26. The van der Waals surface area contributed by atoms with Crippen LogP contribution in [-0.2, 0) is 22.7 Å². The Hall–Kier alpha value is -0.980. The molecule has 22 heavy (non-hydrogen) atoms. The van der Waals surface area contributed by atoms with E-state index in [0.717, 1.165) is 11.8 Å². The molecule has 2 rings (SSSR count). The van der Waals surface area contributed by atoms with Crippen molar-refractivity contribution in [2.24, 2.45) is 9.81 Å². The monoisotopic (exact) mass is 329 g/mol. The van der Waals surface area contributed by atoms with Crippen LogP contribution in [0.15, 0.2) is 34.7 Å². The molecule has 1 fully saturated rings. The molecule has 3 nitrogen and oxygen atoms in total. The third-order valence-electron chi connectivity index (χ3n) is 3.53. The Balaban J connectivity index is 1.94. The number of nitrogens with zero attached hydrogens (tertiary/aromatic N) is 1. The molecule has 0 aliphatic heterocycles. The van der Waals surface area contributed by atoms with Crippen LogP contribution in [-0.4, -0.2) is 28.0 Å². The number of benzene rings is 1. The normalized spacial score (nSPS) is 25.4. The van der Waals surface area contributed by atoms with Crippen molar-refractivity contribution in [2.45, 2.75) is 44.5 Å². The lowest BCUT2D eigenvalue weighted by atomic mass is 10.1. The predicted octanol–water partition coefficient (Wildman–Crippen LogP) is 3.76. The van der Waals surface area contributed by atoms with Gasteiger partial charge in [0.2, 0.25) is 0 Å². The molecule has 1 aromatic rings. The molecule has 0 saturated heterocycles. The Morgan fingerprint density at radius 2 is 1.91 bits per heavy atom. The summed E-state index contributed by atoms with van der Waals surface area (Å²) in [5, 5.41) is 0. The molecule has 6 heteroatoms. The maximum Gasteiger partial charge on any atom is 0.262 e. The summed E-state index contributed by atoms with van der Waals surface area (Å²) >= 11 is -1.54. The molecular formula is C16H21F2NO2S. The van der Waals surface area contributed by atoms with Gasteiger partial charge in [-0.1, -0.05) is 34.7 Å². The Bertz CT molecular complexity index is 531. The highest BCUT2D eigenvalue weighted by molar-refractivity contribution is 7.91. The summed E-state index contributed by atoms with van der Waals surface area (Å²) < 4.78 is 47.9. The quantitative estimate of drug-likeness (QED) is 0.589. The van der Waals surface area contributed by atoms with Gasteiger partial charge in [0.25, 0.3) is 5.92 Å². The molecule has 122 valence electrons. The number of halogens is 2. The molecule has 1 aliphatic carbocycles. The zero-order valence-electron chi connectivity index (χ0n) is 13.0. The summed E-state index contributed by atoms with van der Waals surface area (Å²) in [5.74, 6) is -2.84. The molecule has 0 bridgehead atoms. The van der Waals surface area contributed by atoms with Gasteiger partial charge >= 0.3 is 0 Å². The van der Waals surface area contributed by atoms with E-state index in [-0.39, 0.29) is 19.6 Å². The third-order valence-corrected chi connectivity index (χ3v) is 4.88. The first-order chi connectivity index (χ1) is 10.2. The second-order valence-electron chi connectivity index (χ2n) is 6.61. The summed E-state index contributed by atoms with van der Waals surface area (Å²) in [6.45, 7) is 5.41. The lowest BCUT2D eigenvalue weighted by molar-refractivity contribution is 0.0311. The zero-order chi connectivity index (χ0) is 16.4. The molecule has 2 atom stereocenters. The van der Waals surface area contributed by atoms with E-state index in [1.54, 1.807) is 20.8 Å². The SMILES string of the molecule is CC(C)(C)[S+]([O-])N=C[C@@]1(COCc2ccccc2)CC1(F)F. The van der Waals surface area contributed by atoms with Gasteiger partial charge in [0.05, 0.1) is 19.4 Å². The maximum atomic E-state index is 13.7. The molecule has 0 radical (unpaired) electrons. The number of hydrogen-bond acceptors (Lipinski definition) is 3. The van der Waals surface area contributed by atoms with Crippen molar-refractivity contribution < 1.29 is 18.1 Å². The maximum absolute atomic E-state index is 13.7. The average Bonchev–Trinajstić information content (AvgIpc) is 2.98. The Labute approximate surface area is 133 Å². The molecule has 1 aromatic carbocycles. The van der Waals surface area contributed by atoms with E-state index in [4.69, 9.17) is 4.74 Å². The van der Waals surface area contributed by atoms with Crippen LogP contribution in [0.4, 0.5) is 8.78 Å². The molecule has 0 amide bonds. The van der Waals surface area contributed by atoms with E-state index >= 15 is 0 Å². The van der Waals surface area contributed by atoms with Gasteiger partial charge in [-0.25, -0.2) is 8.78 Å². The molecule has 0 spiro atoms. The van der Waals surface area contributed by atoms with Crippen LogP contribution >= 0.6 is 0 Å². The smallest absolute Gasteiger partial charge is 0.262 e. The van der Waals surface area contributed by atoms with Crippen LogP contribution in [0.1, 0.15) is 32.8 Å². The van der Waals surface area contributed by atoms with Crippen molar-refractivity contribution in [3.05, 3.63) is 35.9 Å². The first-order valence-electron chi connectivity index (χ1n) is 7.13. The summed E-state index contributed by atoms with van der Waals surface area (Å²) in [4.78, 5) is 0. The zero-order valence-corrected chi connectivity index (χ0v) is 13.8. The number of hydrogen-bond donors (Lipinski definition) is 0. The largest absolute Gasteiger partial charge is 0.591 e. The fourth-order valence-corrected chi connectivity index (χ4v) is 2.53. The van der Waals surface area contributed by atoms with E-state index < -0.39 is 27.4 Å². The fraction of sp³-hybridized carbons (Fsp3) is 0.562. The van der Waals surface area contributed by atoms with Crippen LogP contribution < -0.4 is 0 Å². The average molecular weight is 329 g/mol. The Kier molecular flexibility index (Phi) is 4.94. The Morgan fingerprint density at radius 3 is 2.41 bits per heavy atom. The number of ether oxygens (including phenoxy) is 1. The lowest BCUT2D eigenvalue weighted by Gasteiger charge is -2.19. The van der Waals surface area contributed by atoms with Gasteiger partial charge in [-0.05, 0) is 26.3 Å². The molecule has 1 saturated carbocycles. The second-order valence-corrected chi connectivity index (χ2v) is 8.55. The van der Waals surface area contributed by atoms with E-state index in [0.29, 0.717) is 0 Å². The highest BCUT2D eigenvalue weighted by atomic mass is 32.2. The van der Waals surface area contributed by atoms with Crippen LogP contribution in [0.3, 0.4) is 0 Å². The van der Waals surface area contributed by atoms with Gasteiger partial charge in [-0.15, -0.1) is 0 Å². The first kappa shape index (κ1) is 17.4. The summed E-state index contributed by atoms with van der Waals surface area (Å²) in [5.41, 5.74) is -0.486. The third kappa shape index (κ3) is 4.06. The van der Waals surface area contributed by atoms with Crippen molar-refractivity contribution in [2.75, 3.05) is 6.61 Å². The minimum absolute atomic E-state index is 0.125. The van der Waals surface area contributed by atoms with Gasteiger partial charge in [-0.3, -0.25) is 0 Å². The van der Waals surface area contributed by atoms with Gasteiger partial charge < -0.3 is 9.29 Å². The highest BCUT2D eigenvalue weighted by Gasteiger charge is 2.71. The van der Waals surface area contributed by atoms with Crippen molar-refractivity contribution in [3.63, 3.8) is 0 Å². The van der Waals surface area contributed by atoms with E-state index in [2.05, 4.69) is 4.40 Å². The van der Waals surface area contributed by atoms with Crippen LogP contribution in [0.25, 0.3) is 0 Å². The molecule has 0 N–H and O–H groups in total. The molecule has 1 aliphatic rings. The minimum Gasteiger partial charge on any atom is -0.591 e. The van der Waals surface area contributed by atoms with Gasteiger partial charge in [-0.2, -0.15) is 0 Å². The van der Waals surface area contributed by atoms with E-state index in [1.807, 2.05) is 30.3 Å². The van der Waals surface area contributed by atoms with Crippen molar-refractivity contribution >= 4 is 17.6 Å². The highest BCUT2D eigenvalue weighted by Crippen LogP contribution is 2.59. The Morgan fingerprint density at radius 1 is 1.32 bits per heavy atom. The van der Waals surface area contributed by atoms with Crippen LogP contribution in [0.5, 0.6) is 0 Å². The summed E-state index contributed by atoms with van der Waals surface area (Å²) in [6, 6.07) is 9.37. The molecule has 0 heterocycles. The van der Waals surface area contributed by atoms with Gasteiger partial charge in [0.15, 0.2) is 0 Å². The summed E-state index contributed by atoms with van der Waals surface area (Å²) in [7, 11) is 0. The number of alkyl halides is 2. The lowest BCUT2D eigenvalue weighted by Crippen LogP contribution is -2.28.